The van der Waals surface area contributed by atoms with Gasteiger partial charge >= 0.3 is 0 Å². The van der Waals surface area contributed by atoms with Crippen LogP contribution in [0.5, 0.6) is 5.75 Å². The van der Waals surface area contributed by atoms with E-state index in [-0.39, 0.29) is 11.9 Å². The van der Waals surface area contributed by atoms with Crippen molar-refractivity contribution < 1.29 is 14.2 Å². The maximum absolute atomic E-state index is 13.2. The van der Waals surface area contributed by atoms with Crippen molar-refractivity contribution in [2.24, 2.45) is 0 Å². The van der Waals surface area contributed by atoms with Gasteiger partial charge in [0.2, 0.25) is 0 Å². The molecular weight excluding hydrogens is 255 g/mol. The predicted molar refractivity (Wildman–Crippen MR) is 75.2 cm³/mol. The molecular formula is C17H17FO2. The summed E-state index contributed by atoms with van der Waals surface area (Å²) < 4.78 is 19.0. The zero-order chi connectivity index (χ0) is 14.1. The van der Waals surface area contributed by atoms with Crippen molar-refractivity contribution in [3.8, 4) is 5.75 Å². The Kier molecular flexibility index (Phi) is 3.45. The Bertz CT molecular complexity index is 637. The average molecular weight is 272 g/mol. The molecule has 0 aromatic heterocycles. The smallest absolute Gasteiger partial charge is 0.123 e. The number of hydrogen-bond acceptors (Lipinski definition) is 2. The van der Waals surface area contributed by atoms with Crippen LogP contribution in [0.3, 0.4) is 0 Å². The van der Waals surface area contributed by atoms with Gasteiger partial charge in [0.05, 0.1) is 6.10 Å². The van der Waals surface area contributed by atoms with E-state index in [2.05, 4.69) is 0 Å². The molecule has 2 aromatic carbocycles. The summed E-state index contributed by atoms with van der Waals surface area (Å²) >= 11 is 0. The van der Waals surface area contributed by atoms with Gasteiger partial charge in [-0.3, -0.25) is 0 Å². The SMILES string of the molecule is Cc1ccc(F)cc1COc1ccc2c(c1)CC[C@@H]2O. The first-order valence-electron chi connectivity index (χ1n) is 6.82. The fraction of sp³-hybridized carbons (Fsp3) is 0.294. The molecule has 1 aliphatic rings. The van der Waals surface area contributed by atoms with E-state index in [1.165, 1.54) is 12.1 Å². The van der Waals surface area contributed by atoms with Crippen molar-refractivity contribution in [1.29, 1.82) is 0 Å². The van der Waals surface area contributed by atoms with Gasteiger partial charge in [-0.1, -0.05) is 12.1 Å². The summed E-state index contributed by atoms with van der Waals surface area (Å²) in [7, 11) is 0. The van der Waals surface area contributed by atoms with E-state index in [0.717, 1.165) is 40.8 Å². The monoisotopic (exact) mass is 272 g/mol. The highest BCUT2D eigenvalue weighted by Gasteiger charge is 2.20. The second kappa shape index (κ2) is 5.25. The van der Waals surface area contributed by atoms with Gasteiger partial charge in [0.25, 0.3) is 0 Å². The van der Waals surface area contributed by atoms with E-state index in [9.17, 15) is 9.50 Å². The van der Waals surface area contributed by atoms with Crippen LogP contribution in [-0.4, -0.2) is 5.11 Å². The van der Waals surface area contributed by atoms with Gasteiger partial charge in [-0.15, -0.1) is 0 Å². The van der Waals surface area contributed by atoms with E-state index in [1.807, 2.05) is 25.1 Å². The molecule has 0 unspecified atom stereocenters. The quantitative estimate of drug-likeness (QED) is 0.923. The standard InChI is InChI=1S/C17H17FO2/c1-11-2-4-14(18)8-13(11)10-20-15-5-6-16-12(9-15)3-7-17(16)19/h2,4-6,8-9,17,19H,3,7,10H2,1H3/t17-/m0/s1. The molecule has 104 valence electrons. The maximum atomic E-state index is 13.2. The van der Waals surface area contributed by atoms with E-state index < -0.39 is 0 Å². The molecule has 0 amide bonds. The Morgan fingerprint density at radius 1 is 1.25 bits per heavy atom. The molecule has 0 spiro atoms. The highest BCUT2D eigenvalue weighted by molar-refractivity contribution is 5.40. The topological polar surface area (TPSA) is 29.5 Å². The number of halogens is 1. The Labute approximate surface area is 117 Å². The van der Waals surface area contributed by atoms with Gasteiger partial charge in [0.15, 0.2) is 0 Å². The fourth-order valence-corrected chi connectivity index (χ4v) is 2.62. The van der Waals surface area contributed by atoms with E-state index >= 15 is 0 Å². The van der Waals surface area contributed by atoms with Crippen LogP contribution in [0, 0.1) is 12.7 Å². The number of aliphatic hydroxyl groups is 1. The van der Waals surface area contributed by atoms with Crippen molar-refractivity contribution in [2.45, 2.75) is 32.5 Å². The first-order chi connectivity index (χ1) is 9.63. The number of benzene rings is 2. The van der Waals surface area contributed by atoms with Crippen molar-refractivity contribution in [3.63, 3.8) is 0 Å². The molecule has 3 heteroatoms. The molecule has 1 atom stereocenters. The van der Waals surface area contributed by atoms with Crippen LogP contribution in [0.1, 0.15) is 34.8 Å². The minimum atomic E-state index is -0.343. The summed E-state index contributed by atoms with van der Waals surface area (Å²) in [4.78, 5) is 0. The van der Waals surface area contributed by atoms with Gasteiger partial charge in [0, 0.05) is 0 Å². The normalized spacial score (nSPS) is 17.1. The Balaban J connectivity index is 1.74. The Morgan fingerprint density at radius 2 is 2.10 bits per heavy atom. The summed E-state index contributed by atoms with van der Waals surface area (Å²) in [6.07, 6.45) is 1.32. The third-order valence-electron chi connectivity index (χ3n) is 3.87. The van der Waals surface area contributed by atoms with E-state index in [0.29, 0.717) is 6.61 Å². The highest BCUT2D eigenvalue weighted by Crippen LogP contribution is 2.33. The lowest BCUT2D eigenvalue weighted by molar-refractivity contribution is 0.180. The zero-order valence-electron chi connectivity index (χ0n) is 11.4. The first-order valence-corrected chi connectivity index (χ1v) is 6.82. The van der Waals surface area contributed by atoms with Gasteiger partial charge < -0.3 is 9.84 Å². The molecule has 2 nitrogen and oxygen atoms in total. The second-order valence-corrected chi connectivity index (χ2v) is 5.27. The Morgan fingerprint density at radius 3 is 2.95 bits per heavy atom. The van der Waals surface area contributed by atoms with Crippen LogP contribution in [0.4, 0.5) is 4.39 Å². The van der Waals surface area contributed by atoms with Crippen LogP contribution < -0.4 is 4.74 Å². The molecule has 1 N–H and O–H groups in total. The van der Waals surface area contributed by atoms with Crippen molar-refractivity contribution >= 4 is 0 Å². The molecule has 3 rings (SSSR count). The molecule has 0 bridgehead atoms. The molecule has 0 heterocycles. The van der Waals surface area contributed by atoms with Crippen LogP contribution in [0.25, 0.3) is 0 Å². The number of rotatable bonds is 3. The minimum absolute atomic E-state index is 0.244. The number of ether oxygens (including phenoxy) is 1. The molecule has 0 aliphatic heterocycles. The van der Waals surface area contributed by atoms with Crippen molar-refractivity contribution in [1.82, 2.24) is 0 Å². The molecule has 0 radical (unpaired) electrons. The van der Waals surface area contributed by atoms with Gasteiger partial charge in [-0.05, 0) is 66.3 Å². The summed E-state index contributed by atoms with van der Waals surface area (Å²) in [6, 6.07) is 10.5. The van der Waals surface area contributed by atoms with Crippen LogP contribution >= 0.6 is 0 Å². The predicted octanol–water partition coefficient (Wildman–Crippen LogP) is 3.69. The number of fused-ring (bicyclic) bond motifs is 1. The molecule has 1 aliphatic carbocycles. The van der Waals surface area contributed by atoms with Crippen molar-refractivity contribution in [2.75, 3.05) is 0 Å². The largest absolute Gasteiger partial charge is 0.489 e. The fourth-order valence-electron chi connectivity index (χ4n) is 2.62. The molecule has 0 saturated carbocycles. The second-order valence-electron chi connectivity index (χ2n) is 5.27. The van der Waals surface area contributed by atoms with Gasteiger partial charge in [-0.2, -0.15) is 0 Å². The molecule has 0 fully saturated rings. The lowest BCUT2D eigenvalue weighted by atomic mass is 10.1. The summed E-state index contributed by atoms with van der Waals surface area (Å²) in [6.45, 7) is 2.29. The van der Waals surface area contributed by atoms with Crippen LogP contribution in [0.2, 0.25) is 0 Å². The first kappa shape index (κ1) is 13.1. The van der Waals surface area contributed by atoms with E-state index in [4.69, 9.17) is 4.74 Å². The van der Waals surface area contributed by atoms with Gasteiger partial charge in [0.1, 0.15) is 18.2 Å². The Hall–Kier alpha value is -1.87. The third-order valence-corrected chi connectivity index (χ3v) is 3.87. The highest BCUT2D eigenvalue weighted by atomic mass is 19.1. The van der Waals surface area contributed by atoms with Crippen LogP contribution in [-0.2, 0) is 13.0 Å². The van der Waals surface area contributed by atoms with Crippen LogP contribution in [0.15, 0.2) is 36.4 Å². The number of hydrogen-bond donors (Lipinski definition) is 1. The minimum Gasteiger partial charge on any atom is -0.489 e. The maximum Gasteiger partial charge on any atom is 0.123 e. The molecule has 0 saturated heterocycles. The lowest BCUT2D eigenvalue weighted by Gasteiger charge is -2.11. The average Bonchev–Trinajstić information content (AvgIpc) is 2.81. The zero-order valence-corrected chi connectivity index (χ0v) is 11.4. The number of aryl methyl sites for hydroxylation is 2. The third kappa shape index (κ3) is 2.54. The van der Waals surface area contributed by atoms with Gasteiger partial charge in [-0.25, -0.2) is 4.39 Å². The summed E-state index contributed by atoms with van der Waals surface area (Å²) in [5.41, 5.74) is 4.01. The molecule has 2 aromatic rings. The molecule has 20 heavy (non-hydrogen) atoms. The van der Waals surface area contributed by atoms with E-state index in [1.54, 1.807) is 6.07 Å². The van der Waals surface area contributed by atoms with Crippen molar-refractivity contribution in [3.05, 3.63) is 64.5 Å². The lowest BCUT2D eigenvalue weighted by Crippen LogP contribution is -1.99. The number of aliphatic hydroxyl groups excluding tert-OH is 1. The summed E-state index contributed by atoms with van der Waals surface area (Å²) in [5, 5.41) is 9.76. The summed E-state index contributed by atoms with van der Waals surface area (Å²) in [5.74, 6) is 0.521.